The Morgan fingerprint density at radius 2 is 2.06 bits per heavy atom. The number of benzene rings is 1. The van der Waals surface area contributed by atoms with E-state index in [1.807, 2.05) is 0 Å². The predicted molar refractivity (Wildman–Crippen MR) is 69.1 cm³/mol. The highest BCUT2D eigenvalue weighted by atomic mass is 79.9. The molecule has 2 rings (SSSR count). The fourth-order valence-corrected chi connectivity index (χ4v) is 1.81. The van der Waals surface area contributed by atoms with Crippen LogP contribution in [0.4, 0.5) is 10.2 Å². The maximum absolute atomic E-state index is 13.1. The fourth-order valence-electron chi connectivity index (χ4n) is 1.25. The molecule has 92 valence electrons. The molecule has 0 atom stereocenters. The van der Waals surface area contributed by atoms with Crippen molar-refractivity contribution in [1.82, 2.24) is 9.97 Å². The zero-order chi connectivity index (χ0) is 13.1. The van der Waals surface area contributed by atoms with Crippen LogP contribution in [0.3, 0.4) is 0 Å². The van der Waals surface area contributed by atoms with Gasteiger partial charge in [0, 0.05) is 10.0 Å². The van der Waals surface area contributed by atoms with Crippen LogP contribution in [0.2, 0.25) is 5.15 Å². The molecule has 0 unspecified atom stereocenters. The predicted octanol–water partition coefficient (Wildman–Crippen LogP) is 3.28. The minimum absolute atomic E-state index is 0.179. The Morgan fingerprint density at radius 1 is 1.28 bits per heavy atom. The minimum Gasteiger partial charge on any atom is -0.305 e. The Kier molecular flexibility index (Phi) is 3.88. The summed E-state index contributed by atoms with van der Waals surface area (Å²) in [6.07, 6.45) is 2.62. The number of anilines is 1. The topological polar surface area (TPSA) is 54.9 Å². The molecule has 0 aliphatic carbocycles. The third kappa shape index (κ3) is 3.24. The summed E-state index contributed by atoms with van der Waals surface area (Å²) < 4.78 is 13.6. The number of rotatable bonds is 2. The standard InChI is InChI=1S/C11H6BrClFN3O/c12-7-1-6(2-8(14)3-7)11(18)17-10-5-15-9(13)4-16-10/h1-5H,(H,16,17,18). The first-order valence-electron chi connectivity index (χ1n) is 4.79. The summed E-state index contributed by atoms with van der Waals surface area (Å²) >= 11 is 8.68. The maximum Gasteiger partial charge on any atom is 0.257 e. The summed E-state index contributed by atoms with van der Waals surface area (Å²) in [7, 11) is 0. The lowest BCUT2D eigenvalue weighted by Crippen LogP contribution is -2.13. The number of carbonyl (C=O) groups excluding carboxylic acids is 1. The highest BCUT2D eigenvalue weighted by molar-refractivity contribution is 9.10. The molecule has 7 heteroatoms. The van der Waals surface area contributed by atoms with Gasteiger partial charge in [0.15, 0.2) is 5.82 Å². The van der Waals surface area contributed by atoms with Crippen molar-refractivity contribution >= 4 is 39.3 Å². The zero-order valence-electron chi connectivity index (χ0n) is 8.82. The first-order valence-corrected chi connectivity index (χ1v) is 5.97. The third-order valence-electron chi connectivity index (χ3n) is 1.99. The Balaban J connectivity index is 2.19. The van der Waals surface area contributed by atoms with Crippen molar-refractivity contribution in [2.45, 2.75) is 0 Å². The Bertz CT molecular complexity index is 571. The molecular formula is C11H6BrClFN3O. The molecule has 1 N–H and O–H groups in total. The fraction of sp³-hybridized carbons (Fsp3) is 0. The molecule has 0 radical (unpaired) electrons. The maximum atomic E-state index is 13.1. The molecule has 1 amide bonds. The van der Waals surface area contributed by atoms with E-state index in [1.54, 1.807) is 0 Å². The second-order valence-corrected chi connectivity index (χ2v) is 4.64. The average Bonchev–Trinajstić information content (AvgIpc) is 2.31. The minimum atomic E-state index is -0.503. The van der Waals surface area contributed by atoms with Crippen LogP contribution in [0, 0.1) is 5.82 Å². The summed E-state index contributed by atoms with van der Waals surface area (Å²) in [6.45, 7) is 0. The van der Waals surface area contributed by atoms with Crippen LogP contribution in [0.1, 0.15) is 10.4 Å². The first-order chi connectivity index (χ1) is 8.54. The number of hydrogen-bond acceptors (Lipinski definition) is 3. The normalized spacial score (nSPS) is 10.2. The second-order valence-electron chi connectivity index (χ2n) is 3.34. The second kappa shape index (κ2) is 5.41. The van der Waals surface area contributed by atoms with Gasteiger partial charge in [0.1, 0.15) is 11.0 Å². The van der Waals surface area contributed by atoms with E-state index in [1.165, 1.54) is 24.5 Å². The molecule has 1 aromatic heterocycles. The lowest BCUT2D eigenvalue weighted by Gasteiger charge is -2.04. The van der Waals surface area contributed by atoms with Gasteiger partial charge in [-0.3, -0.25) is 4.79 Å². The van der Waals surface area contributed by atoms with Gasteiger partial charge < -0.3 is 5.32 Å². The smallest absolute Gasteiger partial charge is 0.257 e. The van der Waals surface area contributed by atoms with Crippen molar-refractivity contribution in [3.8, 4) is 0 Å². The van der Waals surface area contributed by atoms with E-state index in [9.17, 15) is 9.18 Å². The van der Waals surface area contributed by atoms with Crippen LogP contribution >= 0.6 is 27.5 Å². The van der Waals surface area contributed by atoms with Crippen molar-refractivity contribution < 1.29 is 9.18 Å². The Labute approximate surface area is 115 Å². The van der Waals surface area contributed by atoms with Gasteiger partial charge in [0.05, 0.1) is 12.4 Å². The van der Waals surface area contributed by atoms with Gasteiger partial charge in [0.2, 0.25) is 0 Å². The average molecular weight is 331 g/mol. The van der Waals surface area contributed by atoms with Crippen LogP contribution in [-0.2, 0) is 0 Å². The summed E-state index contributed by atoms with van der Waals surface area (Å²) in [6, 6.07) is 3.89. The Morgan fingerprint density at radius 3 is 2.67 bits per heavy atom. The number of aromatic nitrogens is 2. The molecule has 0 fully saturated rings. The summed E-state index contributed by atoms with van der Waals surface area (Å²) in [5.74, 6) is -0.742. The van der Waals surface area contributed by atoms with E-state index in [0.29, 0.717) is 4.47 Å². The van der Waals surface area contributed by atoms with E-state index in [2.05, 4.69) is 31.2 Å². The van der Waals surface area contributed by atoms with Gasteiger partial charge in [-0.25, -0.2) is 14.4 Å². The van der Waals surface area contributed by atoms with Crippen LogP contribution in [0.5, 0.6) is 0 Å². The van der Waals surface area contributed by atoms with Gasteiger partial charge in [0.25, 0.3) is 5.91 Å². The SMILES string of the molecule is O=C(Nc1cnc(Cl)cn1)c1cc(F)cc(Br)c1. The number of hydrogen-bond donors (Lipinski definition) is 1. The molecular weight excluding hydrogens is 324 g/mol. The lowest BCUT2D eigenvalue weighted by atomic mass is 10.2. The van der Waals surface area contributed by atoms with Gasteiger partial charge in [-0.2, -0.15) is 0 Å². The van der Waals surface area contributed by atoms with Gasteiger partial charge in [-0.15, -0.1) is 0 Å². The molecule has 0 saturated heterocycles. The van der Waals surface area contributed by atoms with E-state index in [4.69, 9.17) is 11.6 Å². The van der Waals surface area contributed by atoms with E-state index in [-0.39, 0.29) is 16.5 Å². The monoisotopic (exact) mass is 329 g/mol. The van der Waals surface area contributed by atoms with E-state index >= 15 is 0 Å². The van der Waals surface area contributed by atoms with Gasteiger partial charge >= 0.3 is 0 Å². The van der Waals surface area contributed by atoms with Crippen LogP contribution in [0.15, 0.2) is 35.1 Å². The number of halogens is 3. The van der Waals surface area contributed by atoms with Crippen molar-refractivity contribution in [1.29, 1.82) is 0 Å². The molecule has 0 saturated carbocycles. The van der Waals surface area contributed by atoms with Crippen LogP contribution in [-0.4, -0.2) is 15.9 Å². The van der Waals surface area contributed by atoms with Crippen LogP contribution in [0.25, 0.3) is 0 Å². The van der Waals surface area contributed by atoms with Gasteiger partial charge in [-0.05, 0) is 18.2 Å². The molecule has 0 aliphatic heterocycles. The molecule has 0 aliphatic rings. The highest BCUT2D eigenvalue weighted by Crippen LogP contribution is 2.16. The van der Waals surface area contributed by atoms with Crippen molar-refractivity contribution in [2.24, 2.45) is 0 Å². The number of amides is 1. The zero-order valence-corrected chi connectivity index (χ0v) is 11.2. The summed E-state index contributed by atoms with van der Waals surface area (Å²) in [5.41, 5.74) is 0.179. The molecule has 1 heterocycles. The third-order valence-corrected chi connectivity index (χ3v) is 2.64. The molecule has 4 nitrogen and oxygen atoms in total. The highest BCUT2D eigenvalue weighted by Gasteiger charge is 2.09. The number of nitrogens with one attached hydrogen (secondary N) is 1. The largest absolute Gasteiger partial charge is 0.305 e. The number of carbonyl (C=O) groups is 1. The molecule has 2 aromatic rings. The molecule has 0 bridgehead atoms. The quantitative estimate of drug-likeness (QED) is 0.919. The molecule has 18 heavy (non-hydrogen) atoms. The van der Waals surface area contributed by atoms with Crippen LogP contribution < -0.4 is 5.32 Å². The van der Waals surface area contributed by atoms with Gasteiger partial charge in [-0.1, -0.05) is 27.5 Å². The van der Waals surface area contributed by atoms with Crippen molar-refractivity contribution in [3.63, 3.8) is 0 Å². The van der Waals surface area contributed by atoms with E-state index < -0.39 is 11.7 Å². The number of nitrogens with zero attached hydrogens (tertiary/aromatic N) is 2. The Hall–Kier alpha value is -1.53. The summed E-state index contributed by atoms with van der Waals surface area (Å²) in [5, 5.41) is 2.70. The molecule has 0 spiro atoms. The lowest BCUT2D eigenvalue weighted by molar-refractivity contribution is 0.102. The summed E-state index contributed by atoms with van der Waals surface area (Å²) in [4.78, 5) is 19.4. The molecule has 1 aromatic carbocycles. The first kappa shape index (κ1) is 12.9. The van der Waals surface area contributed by atoms with Crippen molar-refractivity contribution in [2.75, 3.05) is 5.32 Å². The van der Waals surface area contributed by atoms with Crippen molar-refractivity contribution in [3.05, 3.63) is 51.6 Å². The van der Waals surface area contributed by atoms with E-state index in [0.717, 1.165) is 6.07 Å².